The van der Waals surface area contributed by atoms with Crippen molar-refractivity contribution >= 4 is 11.7 Å². The zero-order valence-corrected chi connectivity index (χ0v) is 9.78. The van der Waals surface area contributed by atoms with Gasteiger partial charge in [0.15, 0.2) is 0 Å². The van der Waals surface area contributed by atoms with Crippen molar-refractivity contribution in [1.29, 1.82) is 0 Å². The van der Waals surface area contributed by atoms with Crippen molar-refractivity contribution < 1.29 is 14.6 Å². The number of hydrogen-bond donors (Lipinski definition) is 2. The van der Waals surface area contributed by atoms with E-state index in [9.17, 15) is 4.79 Å². The molecule has 1 aromatic rings. The largest absolute Gasteiger partial charge is 0.478 e. The Morgan fingerprint density at radius 3 is 2.81 bits per heavy atom. The molecular weight excluding hydrogens is 206 g/mol. The van der Waals surface area contributed by atoms with Crippen molar-refractivity contribution in [2.45, 2.75) is 20.0 Å². The van der Waals surface area contributed by atoms with Crippen LogP contribution in [-0.2, 0) is 4.74 Å². The Balaban J connectivity index is 2.88. The van der Waals surface area contributed by atoms with Gasteiger partial charge in [-0.15, -0.1) is 0 Å². The molecule has 0 spiro atoms. The van der Waals surface area contributed by atoms with Crippen LogP contribution in [0.4, 0.5) is 5.69 Å². The molecule has 1 rings (SSSR count). The van der Waals surface area contributed by atoms with Crippen LogP contribution >= 0.6 is 0 Å². The summed E-state index contributed by atoms with van der Waals surface area (Å²) in [6.45, 7) is 4.39. The highest BCUT2D eigenvalue weighted by atomic mass is 16.5. The first-order chi connectivity index (χ1) is 7.56. The fourth-order valence-corrected chi connectivity index (χ4v) is 1.41. The van der Waals surface area contributed by atoms with Crippen LogP contribution in [0.3, 0.4) is 0 Å². The number of benzene rings is 1. The number of methoxy groups -OCH3 is 1. The molecule has 0 amide bonds. The summed E-state index contributed by atoms with van der Waals surface area (Å²) in [4.78, 5) is 11.0. The molecule has 2 N–H and O–H groups in total. The van der Waals surface area contributed by atoms with Crippen LogP contribution in [0.2, 0.25) is 0 Å². The second-order valence-corrected chi connectivity index (χ2v) is 3.73. The van der Waals surface area contributed by atoms with E-state index in [1.54, 1.807) is 19.2 Å². The number of rotatable bonds is 5. The molecule has 0 saturated heterocycles. The summed E-state index contributed by atoms with van der Waals surface area (Å²) in [5.74, 6) is -0.920. The lowest BCUT2D eigenvalue weighted by atomic mass is 10.1. The molecular formula is C12H17NO3. The Hall–Kier alpha value is -1.55. The molecule has 0 bridgehead atoms. The molecule has 4 heteroatoms. The van der Waals surface area contributed by atoms with Gasteiger partial charge in [-0.2, -0.15) is 0 Å². The van der Waals surface area contributed by atoms with Crippen LogP contribution < -0.4 is 5.32 Å². The predicted octanol–water partition coefficient (Wildman–Crippen LogP) is 2.14. The number of nitrogens with one attached hydrogen (secondary N) is 1. The molecule has 1 atom stereocenters. The van der Waals surface area contributed by atoms with E-state index in [4.69, 9.17) is 9.84 Å². The number of aryl methyl sites for hydroxylation is 1. The monoisotopic (exact) mass is 223 g/mol. The molecule has 0 fully saturated rings. The van der Waals surface area contributed by atoms with E-state index in [2.05, 4.69) is 5.32 Å². The maximum Gasteiger partial charge on any atom is 0.337 e. The molecule has 0 aromatic heterocycles. The van der Waals surface area contributed by atoms with Crippen molar-refractivity contribution in [2.24, 2.45) is 0 Å². The van der Waals surface area contributed by atoms with Crippen LogP contribution in [0.5, 0.6) is 0 Å². The third kappa shape index (κ3) is 2.97. The van der Waals surface area contributed by atoms with E-state index in [1.165, 1.54) is 0 Å². The van der Waals surface area contributed by atoms with Crippen LogP contribution in [-0.4, -0.2) is 30.8 Å². The molecule has 16 heavy (non-hydrogen) atoms. The van der Waals surface area contributed by atoms with Crippen molar-refractivity contribution in [3.8, 4) is 0 Å². The first-order valence-corrected chi connectivity index (χ1v) is 5.15. The lowest BCUT2D eigenvalue weighted by Gasteiger charge is -2.15. The van der Waals surface area contributed by atoms with Crippen molar-refractivity contribution in [2.75, 3.05) is 19.0 Å². The number of ether oxygens (including phenoxy) is 1. The number of carboxylic acids is 1. The lowest BCUT2D eigenvalue weighted by molar-refractivity contribution is 0.0697. The van der Waals surface area contributed by atoms with Gasteiger partial charge in [-0.1, -0.05) is 12.1 Å². The SMILES string of the molecule is COC(C)CNc1c(C)cccc1C(=O)O. The number of anilines is 1. The molecule has 1 aromatic carbocycles. The minimum absolute atomic E-state index is 0.0428. The Bertz CT molecular complexity index is 377. The molecule has 0 radical (unpaired) electrons. The second kappa shape index (κ2) is 5.51. The smallest absolute Gasteiger partial charge is 0.337 e. The van der Waals surface area contributed by atoms with Gasteiger partial charge in [0.05, 0.1) is 17.4 Å². The Morgan fingerprint density at radius 1 is 1.56 bits per heavy atom. The third-order valence-corrected chi connectivity index (χ3v) is 2.47. The highest BCUT2D eigenvalue weighted by Gasteiger charge is 2.12. The maximum atomic E-state index is 11.0. The zero-order chi connectivity index (χ0) is 12.1. The molecule has 88 valence electrons. The van der Waals surface area contributed by atoms with E-state index in [0.29, 0.717) is 17.8 Å². The summed E-state index contributed by atoms with van der Waals surface area (Å²) < 4.78 is 5.10. The number of hydrogen-bond acceptors (Lipinski definition) is 3. The summed E-state index contributed by atoms with van der Waals surface area (Å²) in [6, 6.07) is 5.21. The summed E-state index contributed by atoms with van der Waals surface area (Å²) in [5, 5.41) is 12.1. The highest BCUT2D eigenvalue weighted by molar-refractivity contribution is 5.95. The van der Waals surface area contributed by atoms with Gasteiger partial charge in [0.25, 0.3) is 0 Å². The van der Waals surface area contributed by atoms with E-state index in [0.717, 1.165) is 5.56 Å². The number of aromatic carboxylic acids is 1. The predicted molar refractivity (Wildman–Crippen MR) is 63.1 cm³/mol. The van der Waals surface area contributed by atoms with Gasteiger partial charge in [0.2, 0.25) is 0 Å². The van der Waals surface area contributed by atoms with Crippen molar-refractivity contribution in [3.63, 3.8) is 0 Å². The Labute approximate surface area is 95.2 Å². The molecule has 4 nitrogen and oxygen atoms in total. The van der Waals surface area contributed by atoms with E-state index in [-0.39, 0.29) is 6.10 Å². The minimum atomic E-state index is -0.920. The molecule has 0 heterocycles. The van der Waals surface area contributed by atoms with E-state index in [1.807, 2.05) is 19.9 Å². The first kappa shape index (κ1) is 12.5. The number of carbonyl (C=O) groups is 1. The summed E-state index contributed by atoms with van der Waals surface area (Å²) in [6.07, 6.45) is 0.0428. The molecule has 0 aliphatic heterocycles. The molecule has 0 aliphatic rings. The normalized spacial score (nSPS) is 12.2. The topological polar surface area (TPSA) is 58.6 Å². The third-order valence-electron chi connectivity index (χ3n) is 2.47. The quantitative estimate of drug-likeness (QED) is 0.803. The summed E-state index contributed by atoms with van der Waals surface area (Å²) in [5.41, 5.74) is 1.88. The van der Waals surface area contributed by atoms with Crippen molar-refractivity contribution in [1.82, 2.24) is 0 Å². The van der Waals surface area contributed by atoms with Crippen LogP contribution in [0, 0.1) is 6.92 Å². The van der Waals surface area contributed by atoms with Crippen molar-refractivity contribution in [3.05, 3.63) is 29.3 Å². The Morgan fingerprint density at radius 2 is 2.25 bits per heavy atom. The van der Waals surface area contributed by atoms with Gasteiger partial charge in [0, 0.05) is 13.7 Å². The number of carboxylic acid groups (broad SMARTS) is 1. The average Bonchev–Trinajstić information content (AvgIpc) is 2.26. The van der Waals surface area contributed by atoms with E-state index >= 15 is 0 Å². The van der Waals surface area contributed by atoms with Crippen LogP contribution in [0.15, 0.2) is 18.2 Å². The van der Waals surface area contributed by atoms with Gasteiger partial charge in [0.1, 0.15) is 0 Å². The summed E-state index contributed by atoms with van der Waals surface area (Å²) in [7, 11) is 1.63. The molecule has 0 aliphatic carbocycles. The van der Waals surface area contributed by atoms with E-state index < -0.39 is 5.97 Å². The fraction of sp³-hybridized carbons (Fsp3) is 0.417. The Kier molecular flexibility index (Phi) is 4.31. The zero-order valence-electron chi connectivity index (χ0n) is 9.78. The highest BCUT2D eigenvalue weighted by Crippen LogP contribution is 2.20. The van der Waals surface area contributed by atoms with Gasteiger partial charge in [-0.3, -0.25) is 0 Å². The molecule has 1 unspecified atom stereocenters. The number of para-hydroxylation sites is 1. The van der Waals surface area contributed by atoms with Gasteiger partial charge < -0.3 is 15.2 Å². The maximum absolute atomic E-state index is 11.0. The first-order valence-electron chi connectivity index (χ1n) is 5.15. The second-order valence-electron chi connectivity index (χ2n) is 3.73. The summed E-state index contributed by atoms with van der Waals surface area (Å²) >= 11 is 0. The standard InChI is InChI=1S/C12H17NO3/c1-8-5-4-6-10(12(14)15)11(8)13-7-9(2)16-3/h4-6,9,13H,7H2,1-3H3,(H,14,15). The minimum Gasteiger partial charge on any atom is -0.478 e. The van der Waals surface area contributed by atoms with Gasteiger partial charge >= 0.3 is 5.97 Å². The molecule has 0 saturated carbocycles. The van der Waals surface area contributed by atoms with Crippen LogP contribution in [0.1, 0.15) is 22.8 Å². The fourth-order valence-electron chi connectivity index (χ4n) is 1.41. The van der Waals surface area contributed by atoms with Gasteiger partial charge in [-0.25, -0.2) is 4.79 Å². The average molecular weight is 223 g/mol. The lowest BCUT2D eigenvalue weighted by Crippen LogP contribution is -2.20. The van der Waals surface area contributed by atoms with Gasteiger partial charge in [-0.05, 0) is 25.5 Å². The van der Waals surface area contributed by atoms with Crippen LogP contribution in [0.25, 0.3) is 0 Å².